The highest BCUT2D eigenvalue weighted by Crippen LogP contribution is 2.28. The molecule has 120 valence electrons. The van der Waals surface area contributed by atoms with E-state index in [0.29, 0.717) is 12.3 Å². The molecule has 23 heavy (non-hydrogen) atoms. The Bertz CT molecular complexity index is 685. The van der Waals surface area contributed by atoms with Crippen LogP contribution in [0.3, 0.4) is 0 Å². The van der Waals surface area contributed by atoms with Crippen LogP contribution in [0.15, 0.2) is 42.6 Å². The molecule has 1 aliphatic rings. The van der Waals surface area contributed by atoms with Crippen molar-refractivity contribution >= 4 is 11.6 Å². The van der Waals surface area contributed by atoms with E-state index in [1.165, 1.54) is 0 Å². The fourth-order valence-corrected chi connectivity index (χ4v) is 2.84. The Morgan fingerprint density at radius 3 is 2.78 bits per heavy atom. The van der Waals surface area contributed by atoms with Gasteiger partial charge in [0.1, 0.15) is 5.75 Å². The van der Waals surface area contributed by atoms with Crippen molar-refractivity contribution in [3.05, 3.63) is 53.9 Å². The first-order chi connectivity index (χ1) is 11.2. The second kappa shape index (κ2) is 6.79. The first-order valence-corrected chi connectivity index (χ1v) is 7.61. The molecule has 0 saturated heterocycles. The van der Waals surface area contributed by atoms with Crippen LogP contribution in [0.2, 0.25) is 0 Å². The number of amides is 1. The van der Waals surface area contributed by atoms with Gasteiger partial charge in [0.15, 0.2) is 0 Å². The molecule has 5 heteroatoms. The van der Waals surface area contributed by atoms with Crippen LogP contribution in [-0.2, 0) is 22.4 Å². The third-order valence-electron chi connectivity index (χ3n) is 4.12. The molecule has 1 unspecified atom stereocenters. The number of rotatable bonds is 4. The molecule has 1 amide bonds. The summed E-state index contributed by atoms with van der Waals surface area (Å²) >= 11 is 0. The van der Waals surface area contributed by atoms with Crippen molar-refractivity contribution in [2.45, 2.75) is 18.9 Å². The molecule has 2 heterocycles. The van der Waals surface area contributed by atoms with Crippen molar-refractivity contribution in [3.8, 4) is 5.75 Å². The summed E-state index contributed by atoms with van der Waals surface area (Å²) < 4.78 is 10.6. The van der Waals surface area contributed by atoms with Gasteiger partial charge in [0, 0.05) is 24.9 Å². The molecule has 0 saturated carbocycles. The Labute approximate surface area is 135 Å². The number of hydrogen-bond donors (Lipinski definition) is 0. The zero-order valence-corrected chi connectivity index (χ0v) is 13.4. The molecule has 2 aromatic rings. The second-order valence-electron chi connectivity index (χ2n) is 5.56. The smallest absolute Gasteiger partial charge is 0.233 e. The number of carbonyl (C=O) groups is 1. The number of hydrogen-bond acceptors (Lipinski definition) is 4. The molecule has 1 atom stereocenters. The number of pyridine rings is 1. The van der Waals surface area contributed by atoms with Crippen molar-refractivity contribution in [3.63, 3.8) is 0 Å². The fraction of sp³-hybridized carbons (Fsp3) is 0.333. The SMILES string of the molecule is COc1ccc(CC(=O)N2CC(OC)Cc3ccccc32)nc1. The molecule has 1 aromatic heterocycles. The normalized spacial score (nSPS) is 16.8. The maximum Gasteiger partial charge on any atom is 0.233 e. The Morgan fingerprint density at radius 1 is 1.26 bits per heavy atom. The minimum Gasteiger partial charge on any atom is -0.495 e. The van der Waals surface area contributed by atoms with Gasteiger partial charge in [-0.25, -0.2) is 0 Å². The molecule has 0 fully saturated rings. The zero-order chi connectivity index (χ0) is 16.2. The van der Waals surface area contributed by atoms with Gasteiger partial charge < -0.3 is 14.4 Å². The standard InChI is InChI=1S/C18H20N2O3/c1-22-15-8-7-14(19-11-15)10-18(21)20-12-16(23-2)9-13-5-3-4-6-17(13)20/h3-8,11,16H,9-10,12H2,1-2H3. The maximum atomic E-state index is 12.7. The van der Waals surface area contributed by atoms with Crippen LogP contribution in [-0.4, -0.2) is 37.8 Å². The lowest BCUT2D eigenvalue weighted by Gasteiger charge is -2.34. The summed E-state index contributed by atoms with van der Waals surface area (Å²) in [7, 11) is 3.28. The van der Waals surface area contributed by atoms with Crippen LogP contribution in [0, 0.1) is 0 Å². The summed E-state index contributed by atoms with van der Waals surface area (Å²) in [4.78, 5) is 18.8. The van der Waals surface area contributed by atoms with Crippen LogP contribution in [0.1, 0.15) is 11.3 Å². The van der Waals surface area contributed by atoms with Crippen LogP contribution >= 0.6 is 0 Å². The minimum absolute atomic E-state index is 0.0249. The molecule has 1 aliphatic heterocycles. The van der Waals surface area contributed by atoms with E-state index >= 15 is 0 Å². The van der Waals surface area contributed by atoms with Crippen LogP contribution in [0.4, 0.5) is 5.69 Å². The lowest BCUT2D eigenvalue weighted by molar-refractivity contribution is -0.118. The monoisotopic (exact) mass is 312 g/mol. The summed E-state index contributed by atoms with van der Waals surface area (Å²) in [6.07, 6.45) is 2.74. The highest BCUT2D eigenvalue weighted by atomic mass is 16.5. The average molecular weight is 312 g/mol. The van der Waals surface area contributed by atoms with E-state index < -0.39 is 0 Å². The minimum atomic E-state index is 0.0249. The van der Waals surface area contributed by atoms with Gasteiger partial charge >= 0.3 is 0 Å². The van der Waals surface area contributed by atoms with E-state index in [9.17, 15) is 4.79 Å². The molecular weight excluding hydrogens is 292 g/mol. The van der Waals surface area contributed by atoms with E-state index in [0.717, 1.165) is 23.4 Å². The molecule has 0 spiro atoms. The lowest BCUT2D eigenvalue weighted by atomic mass is 9.99. The van der Waals surface area contributed by atoms with E-state index in [-0.39, 0.29) is 18.4 Å². The number of benzene rings is 1. The van der Waals surface area contributed by atoms with Gasteiger partial charge in [0.2, 0.25) is 5.91 Å². The molecule has 0 radical (unpaired) electrons. The number of aromatic nitrogens is 1. The number of methoxy groups -OCH3 is 2. The predicted molar refractivity (Wildman–Crippen MR) is 87.8 cm³/mol. The highest BCUT2D eigenvalue weighted by Gasteiger charge is 2.28. The average Bonchev–Trinajstić information content (AvgIpc) is 2.61. The molecule has 1 aromatic carbocycles. The van der Waals surface area contributed by atoms with Crippen molar-refractivity contribution in [1.29, 1.82) is 0 Å². The van der Waals surface area contributed by atoms with Crippen LogP contribution in [0.5, 0.6) is 5.75 Å². The summed E-state index contributed by atoms with van der Waals surface area (Å²) in [5, 5.41) is 0. The van der Waals surface area contributed by atoms with E-state index in [1.807, 2.05) is 36.4 Å². The predicted octanol–water partition coefficient (Wildman–Crippen LogP) is 2.24. The summed E-state index contributed by atoms with van der Waals surface area (Å²) in [6, 6.07) is 11.6. The van der Waals surface area contributed by atoms with E-state index in [4.69, 9.17) is 9.47 Å². The Morgan fingerprint density at radius 2 is 2.09 bits per heavy atom. The van der Waals surface area contributed by atoms with Gasteiger partial charge in [-0.3, -0.25) is 9.78 Å². The summed E-state index contributed by atoms with van der Waals surface area (Å²) in [6.45, 7) is 0.572. The van der Waals surface area contributed by atoms with Crippen molar-refractivity contribution in [2.24, 2.45) is 0 Å². The lowest BCUT2D eigenvalue weighted by Crippen LogP contribution is -2.44. The topological polar surface area (TPSA) is 51.7 Å². The third-order valence-corrected chi connectivity index (χ3v) is 4.12. The van der Waals surface area contributed by atoms with Gasteiger partial charge in [-0.1, -0.05) is 18.2 Å². The highest BCUT2D eigenvalue weighted by molar-refractivity contribution is 5.95. The third kappa shape index (κ3) is 3.35. The molecule has 0 aliphatic carbocycles. The van der Waals surface area contributed by atoms with Crippen molar-refractivity contribution in [1.82, 2.24) is 4.98 Å². The Kier molecular flexibility index (Phi) is 4.57. The number of ether oxygens (including phenoxy) is 2. The van der Waals surface area contributed by atoms with Crippen molar-refractivity contribution < 1.29 is 14.3 Å². The number of para-hydroxylation sites is 1. The first kappa shape index (κ1) is 15.5. The largest absolute Gasteiger partial charge is 0.495 e. The zero-order valence-electron chi connectivity index (χ0n) is 13.4. The Hall–Kier alpha value is -2.40. The van der Waals surface area contributed by atoms with E-state index in [2.05, 4.69) is 4.98 Å². The quantitative estimate of drug-likeness (QED) is 0.869. The summed E-state index contributed by atoms with van der Waals surface area (Å²) in [5.41, 5.74) is 2.84. The fourth-order valence-electron chi connectivity index (χ4n) is 2.84. The summed E-state index contributed by atoms with van der Waals surface area (Å²) in [5.74, 6) is 0.709. The van der Waals surface area contributed by atoms with Gasteiger partial charge in [0.25, 0.3) is 0 Å². The second-order valence-corrected chi connectivity index (χ2v) is 5.56. The Balaban J connectivity index is 1.80. The van der Waals surface area contributed by atoms with Gasteiger partial charge in [-0.2, -0.15) is 0 Å². The number of carbonyl (C=O) groups excluding carboxylic acids is 1. The van der Waals surface area contributed by atoms with Crippen molar-refractivity contribution in [2.75, 3.05) is 25.7 Å². The molecule has 5 nitrogen and oxygen atoms in total. The molecular formula is C18H20N2O3. The number of anilines is 1. The van der Waals surface area contributed by atoms with Gasteiger partial charge in [-0.05, 0) is 23.8 Å². The van der Waals surface area contributed by atoms with Crippen LogP contribution < -0.4 is 9.64 Å². The van der Waals surface area contributed by atoms with Gasteiger partial charge in [0.05, 0.1) is 32.4 Å². The number of nitrogens with zero attached hydrogens (tertiary/aromatic N) is 2. The van der Waals surface area contributed by atoms with E-state index in [1.54, 1.807) is 25.3 Å². The first-order valence-electron chi connectivity index (χ1n) is 7.61. The molecule has 3 rings (SSSR count). The maximum absolute atomic E-state index is 12.7. The van der Waals surface area contributed by atoms with Crippen LogP contribution in [0.25, 0.3) is 0 Å². The van der Waals surface area contributed by atoms with Gasteiger partial charge in [-0.15, -0.1) is 0 Å². The molecule has 0 bridgehead atoms. The molecule has 0 N–H and O–H groups in total. The number of fused-ring (bicyclic) bond motifs is 1.